The Hall–Kier alpha value is -1.64. The number of fused-ring (bicyclic) bond motifs is 3. The molecule has 2 aromatic rings. The summed E-state index contributed by atoms with van der Waals surface area (Å²) >= 11 is 0. The fraction of sp³-hybridized carbons (Fsp3) is 0.333. The first kappa shape index (κ1) is 8.65. The fourth-order valence-corrected chi connectivity index (χ4v) is 2.31. The molecule has 1 aromatic heterocycles. The summed E-state index contributed by atoms with van der Waals surface area (Å²) in [6.07, 6.45) is 2.86. The Kier molecular flexibility index (Phi) is 1.55. The quantitative estimate of drug-likeness (QED) is 0.651. The molecular formula is C12H13N3. The number of aromatic nitrogens is 3. The normalized spacial score (nSPS) is 16.9. The van der Waals surface area contributed by atoms with Crippen LogP contribution in [0.2, 0.25) is 0 Å². The van der Waals surface area contributed by atoms with Crippen molar-refractivity contribution in [2.45, 2.75) is 25.8 Å². The van der Waals surface area contributed by atoms with Crippen LogP contribution in [0.5, 0.6) is 0 Å². The second-order valence-electron chi connectivity index (χ2n) is 4.67. The van der Waals surface area contributed by atoms with Gasteiger partial charge in [-0.1, -0.05) is 24.3 Å². The highest BCUT2D eigenvalue weighted by Crippen LogP contribution is 2.35. The van der Waals surface area contributed by atoms with E-state index < -0.39 is 0 Å². The summed E-state index contributed by atoms with van der Waals surface area (Å²) in [5.74, 6) is 0.988. The molecule has 0 amide bonds. The molecule has 0 atom stereocenters. The molecule has 1 aliphatic heterocycles. The highest BCUT2D eigenvalue weighted by atomic mass is 15.3. The van der Waals surface area contributed by atoms with Crippen LogP contribution in [0.3, 0.4) is 0 Å². The van der Waals surface area contributed by atoms with Crippen molar-refractivity contribution in [3.05, 3.63) is 36.2 Å². The predicted octanol–water partition coefficient (Wildman–Crippen LogP) is 2.24. The van der Waals surface area contributed by atoms with Gasteiger partial charge in [0.15, 0.2) is 5.82 Å². The molecule has 0 bridgehead atoms. The van der Waals surface area contributed by atoms with Gasteiger partial charge in [0, 0.05) is 11.1 Å². The minimum absolute atomic E-state index is 0.0766. The number of hydrogen-bond donors (Lipinski definition) is 0. The number of hydrogen-bond acceptors (Lipinski definition) is 2. The van der Waals surface area contributed by atoms with Crippen molar-refractivity contribution in [3.8, 4) is 11.4 Å². The molecule has 1 aromatic carbocycles. The van der Waals surface area contributed by atoms with E-state index in [1.54, 1.807) is 0 Å². The minimum Gasteiger partial charge on any atom is -0.308 e. The maximum Gasteiger partial charge on any atom is 0.164 e. The molecular weight excluding hydrogens is 186 g/mol. The van der Waals surface area contributed by atoms with E-state index in [9.17, 15) is 0 Å². The van der Waals surface area contributed by atoms with Crippen LogP contribution in [0.25, 0.3) is 11.4 Å². The largest absolute Gasteiger partial charge is 0.308 e. The molecule has 0 radical (unpaired) electrons. The highest BCUT2D eigenvalue weighted by molar-refractivity contribution is 5.62. The number of benzene rings is 1. The lowest BCUT2D eigenvalue weighted by molar-refractivity contribution is 0.347. The molecule has 15 heavy (non-hydrogen) atoms. The van der Waals surface area contributed by atoms with Gasteiger partial charge in [0.1, 0.15) is 6.33 Å². The monoisotopic (exact) mass is 199 g/mol. The summed E-state index contributed by atoms with van der Waals surface area (Å²) in [5, 5.41) is 8.22. The van der Waals surface area contributed by atoms with E-state index in [0.717, 1.165) is 12.2 Å². The second-order valence-corrected chi connectivity index (χ2v) is 4.67. The van der Waals surface area contributed by atoms with Crippen LogP contribution in [0, 0.1) is 0 Å². The third-order valence-electron chi connectivity index (χ3n) is 3.08. The molecule has 76 valence electrons. The summed E-state index contributed by atoms with van der Waals surface area (Å²) in [5.41, 5.74) is 2.66. The van der Waals surface area contributed by atoms with E-state index in [0.29, 0.717) is 0 Å². The first-order valence-electron chi connectivity index (χ1n) is 5.17. The van der Waals surface area contributed by atoms with Crippen molar-refractivity contribution in [2.75, 3.05) is 0 Å². The van der Waals surface area contributed by atoms with E-state index in [1.807, 2.05) is 6.33 Å². The Labute approximate surface area is 88.8 Å². The Morgan fingerprint density at radius 3 is 2.93 bits per heavy atom. The van der Waals surface area contributed by atoms with Crippen molar-refractivity contribution < 1.29 is 0 Å². The Bertz CT molecular complexity index is 511. The maximum absolute atomic E-state index is 4.21. The van der Waals surface area contributed by atoms with Gasteiger partial charge in [0.2, 0.25) is 0 Å². The molecule has 1 aliphatic rings. The van der Waals surface area contributed by atoms with Gasteiger partial charge in [-0.15, -0.1) is 10.2 Å². The van der Waals surface area contributed by atoms with Crippen LogP contribution in [0.4, 0.5) is 0 Å². The van der Waals surface area contributed by atoms with E-state index in [4.69, 9.17) is 0 Å². The first-order valence-corrected chi connectivity index (χ1v) is 5.17. The van der Waals surface area contributed by atoms with Crippen molar-refractivity contribution >= 4 is 0 Å². The maximum atomic E-state index is 4.21. The number of nitrogens with zero attached hydrogens (tertiary/aromatic N) is 3. The average Bonchev–Trinajstić information content (AvgIpc) is 2.66. The van der Waals surface area contributed by atoms with Crippen molar-refractivity contribution in [2.24, 2.45) is 0 Å². The molecule has 0 aliphatic carbocycles. The summed E-state index contributed by atoms with van der Waals surface area (Å²) in [6, 6.07) is 8.43. The average molecular weight is 199 g/mol. The molecule has 0 saturated carbocycles. The predicted molar refractivity (Wildman–Crippen MR) is 58.5 cm³/mol. The zero-order valence-electron chi connectivity index (χ0n) is 8.94. The summed E-state index contributed by atoms with van der Waals surface area (Å²) in [4.78, 5) is 0. The van der Waals surface area contributed by atoms with E-state index in [-0.39, 0.29) is 5.54 Å². The molecule has 0 spiro atoms. The first-order chi connectivity index (χ1) is 7.18. The van der Waals surface area contributed by atoms with Crippen molar-refractivity contribution in [1.29, 1.82) is 0 Å². The third kappa shape index (κ3) is 1.12. The number of rotatable bonds is 0. The smallest absolute Gasteiger partial charge is 0.164 e. The van der Waals surface area contributed by atoms with Crippen LogP contribution in [0.15, 0.2) is 30.6 Å². The molecule has 0 fully saturated rings. The highest BCUT2D eigenvalue weighted by Gasteiger charge is 2.30. The van der Waals surface area contributed by atoms with E-state index in [1.165, 1.54) is 11.1 Å². The lowest BCUT2D eigenvalue weighted by atomic mass is 9.87. The van der Waals surface area contributed by atoms with Gasteiger partial charge < -0.3 is 4.57 Å². The lowest BCUT2D eigenvalue weighted by Gasteiger charge is -2.33. The molecule has 3 heteroatoms. The zero-order valence-corrected chi connectivity index (χ0v) is 8.94. The second kappa shape index (κ2) is 2.69. The molecule has 2 heterocycles. The van der Waals surface area contributed by atoms with Crippen LogP contribution in [-0.2, 0) is 12.0 Å². The van der Waals surface area contributed by atoms with E-state index in [2.05, 4.69) is 52.9 Å². The Morgan fingerprint density at radius 2 is 2.07 bits per heavy atom. The molecule has 0 unspecified atom stereocenters. The topological polar surface area (TPSA) is 30.7 Å². The van der Waals surface area contributed by atoms with Gasteiger partial charge in [0.05, 0.1) is 0 Å². The molecule has 3 nitrogen and oxygen atoms in total. The van der Waals surface area contributed by atoms with Crippen molar-refractivity contribution in [1.82, 2.24) is 14.8 Å². The van der Waals surface area contributed by atoms with Gasteiger partial charge >= 0.3 is 0 Å². The van der Waals surface area contributed by atoms with Gasteiger partial charge in [-0.25, -0.2) is 0 Å². The summed E-state index contributed by atoms with van der Waals surface area (Å²) in [7, 11) is 0. The van der Waals surface area contributed by atoms with Gasteiger partial charge in [0.25, 0.3) is 0 Å². The third-order valence-corrected chi connectivity index (χ3v) is 3.08. The van der Waals surface area contributed by atoms with Crippen molar-refractivity contribution in [3.63, 3.8) is 0 Å². The Balaban J connectivity index is 2.32. The molecule has 0 N–H and O–H groups in total. The van der Waals surface area contributed by atoms with Crippen LogP contribution >= 0.6 is 0 Å². The SMILES string of the molecule is CC1(C)Cc2ccccc2-c2nncn21. The van der Waals surface area contributed by atoms with Crippen LogP contribution in [-0.4, -0.2) is 14.8 Å². The van der Waals surface area contributed by atoms with Gasteiger partial charge in [-0.3, -0.25) is 0 Å². The molecule has 0 saturated heterocycles. The fourth-order valence-electron chi connectivity index (χ4n) is 2.31. The van der Waals surface area contributed by atoms with Gasteiger partial charge in [-0.2, -0.15) is 0 Å². The minimum atomic E-state index is 0.0766. The summed E-state index contributed by atoms with van der Waals surface area (Å²) < 4.78 is 2.16. The Morgan fingerprint density at radius 1 is 1.27 bits per heavy atom. The standard InChI is InChI=1S/C12H13N3/c1-12(2)7-9-5-3-4-6-10(9)11-14-13-8-15(11)12/h3-6,8H,7H2,1-2H3. The van der Waals surface area contributed by atoms with E-state index >= 15 is 0 Å². The molecule has 3 rings (SSSR count). The lowest BCUT2D eigenvalue weighted by Crippen LogP contribution is -2.32. The zero-order chi connectivity index (χ0) is 10.5. The van der Waals surface area contributed by atoms with Gasteiger partial charge in [-0.05, 0) is 25.8 Å². The van der Waals surface area contributed by atoms with Crippen LogP contribution in [0.1, 0.15) is 19.4 Å². The van der Waals surface area contributed by atoms with Crippen LogP contribution < -0.4 is 0 Å². The summed E-state index contributed by atoms with van der Waals surface area (Å²) in [6.45, 7) is 4.44.